The molecule has 1 heterocycles. The van der Waals surface area contributed by atoms with E-state index in [1.54, 1.807) is 0 Å². The van der Waals surface area contributed by atoms with Gasteiger partial charge in [-0.15, -0.1) is 11.3 Å². The number of aromatic nitrogens is 1. The number of rotatable bonds is 5. The van der Waals surface area contributed by atoms with Crippen LogP contribution in [0.15, 0.2) is 5.38 Å². The fourth-order valence-corrected chi connectivity index (χ4v) is 3.38. The Hall–Kier alpha value is -1.63. The quantitative estimate of drug-likeness (QED) is 0.779. The Morgan fingerprint density at radius 3 is 2.95 bits per heavy atom. The van der Waals surface area contributed by atoms with E-state index in [1.165, 1.54) is 23.1 Å². The topological polar surface area (TPSA) is 91.3 Å². The first-order chi connectivity index (χ1) is 10.1. The van der Waals surface area contributed by atoms with Gasteiger partial charge in [-0.05, 0) is 18.8 Å². The van der Waals surface area contributed by atoms with Crippen molar-refractivity contribution in [2.45, 2.75) is 51.6 Å². The Bertz CT molecular complexity index is 503. The van der Waals surface area contributed by atoms with Crippen molar-refractivity contribution in [1.82, 2.24) is 15.6 Å². The van der Waals surface area contributed by atoms with Crippen LogP contribution in [0.4, 0.5) is 4.79 Å². The van der Waals surface area contributed by atoms with Gasteiger partial charge in [0.05, 0.1) is 6.54 Å². The molecule has 0 radical (unpaired) electrons. The fraction of sp³-hybridized carbons (Fsp3) is 0.643. The molecule has 3 N–H and O–H groups in total. The van der Waals surface area contributed by atoms with Gasteiger partial charge >= 0.3 is 12.0 Å². The zero-order valence-electron chi connectivity index (χ0n) is 12.1. The van der Waals surface area contributed by atoms with Gasteiger partial charge in [0.2, 0.25) is 0 Å². The molecule has 0 aliphatic heterocycles. The summed E-state index contributed by atoms with van der Waals surface area (Å²) in [5.41, 5.74) is 0.0234. The minimum absolute atomic E-state index is 0.0234. The lowest BCUT2D eigenvalue weighted by Gasteiger charge is -2.29. The van der Waals surface area contributed by atoms with Crippen LogP contribution in [0.1, 0.15) is 54.5 Å². The standard InChI is InChI=1S/C14H21N3O3S/c1-2-9-4-3-5-10(6-9)16-14(20)15-7-12-17-11(8-21-12)13(18)19/h8-10H,2-7H2,1H3,(H,18,19)(H2,15,16,20). The molecule has 0 aromatic carbocycles. The highest BCUT2D eigenvalue weighted by molar-refractivity contribution is 7.09. The van der Waals surface area contributed by atoms with E-state index < -0.39 is 5.97 Å². The highest BCUT2D eigenvalue weighted by Crippen LogP contribution is 2.26. The van der Waals surface area contributed by atoms with Crippen LogP contribution in [-0.2, 0) is 6.54 Å². The van der Waals surface area contributed by atoms with Crippen molar-refractivity contribution in [3.05, 3.63) is 16.1 Å². The van der Waals surface area contributed by atoms with Crippen molar-refractivity contribution in [1.29, 1.82) is 0 Å². The molecule has 0 bridgehead atoms. The second-order valence-corrected chi connectivity index (χ2v) is 6.34. The molecule has 1 aliphatic carbocycles. The van der Waals surface area contributed by atoms with E-state index >= 15 is 0 Å². The van der Waals surface area contributed by atoms with Crippen LogP contribution in [0, 0.1) is 5.92 Å². The van der Waals surface area contributed by atoms with Gasteiger partial charge in [-0.1, -0.05) is 26.2 Å². The summed E-state index contributed by atoms with van der Waals surface area (Å²) in [6.07, 6.45) is 5.66. The third-order valence-electron chi connectivity index (χ3n) is 3.87. The molecular formula is C14H21N3O3S. The molecule has 2 atom stereocenters. The minimum atomic E-state index is -1.05. The monoisotopic (exact) mass is 311 g/mol. The van der Waals surface area contributed by atoms with E-state index in [-0.39, 0.29) is 24.3 Å². The van der Waals surface area contributed by atoms with E-state index in [2.05, 4.69) is 22.5 Å². The summed E-state index contributed by atoms with van der Waals surface area (Å²) in [6.45, 7) is 2.45. The van der Waals surface area contributed by atoms with Crippen LogP contribution in [0.3, 0.4) is 0 Å². The van der Waals surface area contributed by atoms with Gasteiger partial charge in [-0.3, -0.25) is 0 Å². The maximum absolute atomic E-state index is 11.9. The molecule has 2 amide bonds. The van der Waals surface area contributed by atoms with Crippen molar-refractivity contribution in [3.63, 3.8) is 0 Å². The van der Waals surface area contributed by atoms with Crippen LogP contribution in [-0.4, -0.2) is 28.1 Å². The van der Waals surface area contributed by atoms with Crippen molar-refractivity contribution >= 4 is 23.3 Å². The lowest BCUT2D eigenvalue weighted by atomic mass is 9.84. The van der Waals surface area contributed by atoms with Crippen LogP contribution in [0.25, 0.3) is 0 Å². The highest BCUT2D eigenvalue weighted by atomic mass is 32.1. The van der Waals surface area contributed by atoms with E-state index in [0.29, 0.717) is 10.9 Å². The minimum Gasteiger partial charge on any atom is -0.476 e. The first kappa shape index (κ1) is 15.8. The summed E-state index contributed by atoms with van der Waals surface area (Å²) in [5.74, 6) is -0.337. The van der Waals surface area contributed by atoms with E-state index in [4.69, 9.17) is 5.11 Å². The number of urea groups is 1. The maximum Gasteiger partial charge on any atom is 0.355 e. The molecule has 1 saturated carbocycles. The number of carboxylic acids is 1. The Morgan fingerprint density at radius 1 is 1.48 bits per heavy atom. The first-order valence-corrected chi connectivity index (χ1v) is 8.18. The second-order valence-electron chi connectivity index (χ2n) is 5.40. The summed E-state index contributed by atoms with van der Waals surface area (Å²) in [5, 5.41) is 16.6. The highest BCUT2D eigenvalue weighted by Gasteiger charge is 2.22. The third-order valence-corrected chi connectivity index (χ3v) is 4.72. The Balaban J connectivity index is 1.75. The van der Waals surface area contributed by atoms with Gasteiger partial charge in [-0.2, -0.15) is 0 Å². The lowest BCUT2D eigenvalue weighted by molar-refractivity contribution is 0.0691. The Morgan fingerprint density at radius 2 is 2.29 bits per heavy atom. The number of carboxylic acid groups (broad SMARTS) is 1. The van der Waals surface area contributed by atoms with Crippen molar-refractivity contribution < 1.29 is 14.7 Å². The third kappa shape index (κ3) is 4.70. The molecule has 7 heteroatoms. The summed E-state index contributed by atoms with van der Waals surface area (Å²) in [4.78, 5) is 26.5. The van der Waals surface area contributed by atoms with Crippen molar-refractivity contribution in [2.75, 3.05) is 0 Å². The molecule has 2 rings (SSSR count). The van der Waals surface area contributed by atoms with Crippen LogP contribution in [0.2, 0.25) is 0 Å². The number of hydrogen-bond acceptors (Lipinski definition) is 4. The zero-order valence-corrected chi connectivity index (χ0v) is 12.9. The fourth-order valence-electron chi connectivity index (χ4n) is 2.68. The summed E-state index contributed by atoms with van der Waals surface area (Å²) in [6, 6.07) is 0.0402. The maximum atomic E-state index is 11.9. The summed E-state index contributed by atoms with van der Waals surface area (Å²) in [7, 11) is 0. The van der Waals surface area contributed by atoms with E-state index in [1.807, 2.05) is 0 Å². The van der Waals surface area contributed by atoms with Crippen molar-refractivity contribution in [3.8, 4) is 0 Å². The predicted octanol–water partition coefficient (Wildman–Crippen LogP) is 2.61. The molecular weight excluding hydrogens is 290 g/mol. The SMILES string of the molecule is CCC1CCCC(NC(=O)NCc2nc(C(=O)O)cs2)C1. The van der Waals surface area contributed by atoms with Gasteiger partial charge in [-0.25, -0.2) is 14.6 Å². The largest absolute Gasteiger partial charge is 0.476 e. The average Bonchev–Trinajstić information content (AvgIpc) is 2.94. The predicted molar refractivity (Wildman–Crippen MR) is 80.5 cm³/mol. The molecule has 0 spiro atoms. The van der Waals surface area contributed by atoms with Gasteiger partial charge < -0.3 is 15.7 Å². The van der Waals surface area contributed by atoms with Crippen LogP contribution < -0.4 is 10.6 Å². The molecule has 116 valence electrons. The number of hydrogen-bond donors (Lipinski definition) is 3. The molecule has 1 aliphatic rings. The molecule has 21 heavy (non-hydrogen) atoms. The molecule has 1 aromatic heterocycles. The molecule has 1 fully saturated rings. The molecule has 2 unspecified atom stereocenters. The van der Waals surface area contributed by atoms with Crippen LogP contribution >= 0.6 is 11.3 Å². The first-order valence-electron chi connectivity index (χ1n) is 7.30. The van der Waals surface area contributed by atoms with Crippen molar-refractivity contribution in [2.24, 2.45) is 5.92 Å². The second kappa shape index (κ2) is 7.40. The van der Waals surface area contributed by atoms with E-state index in [0.717, 1.165) is 25.7 Å². The lowest BCUT2D eigenvalue weighted by Crippen LogP contribution is -2.43. The smallest absolute Gasteiger partial charge is 0.355 e. The van der Waals surface area contributed by atoms with Gasteiger partial charge in [0.1, 0.15) is 5.01 Å². The average molecular weight is 311 g/mol. The number of nitrogens with zero attached hydrogens (tertiary/aromatic N) is 1. The number of aromatic carboxylic acids is 1. The van der Waals surface area contributed by atoms with Gasteiger partial charge in [0.25, 0.3) is 0 Å². The number of amides is 2. The van der Waals surface area contributed by atoms with Gasteiger partial charge in [0.15, 0.2) is 5.69 Å². The number of carbonyl (C=O) groups excluding carboxylic acids is 1. The number of nitrogens with one attached hydrogen (secondary N) is 2. The zero-order chi connectivity index (χ0) is 15.2. The van der Waals surface area contributed by atoms with Gasteiger partial charge in [0, 0.05) is 11.4 Å². The normalized spacial score (nSPS) is 21.8. The summed E-state index contributed by atoms with van der Waals surface area (Å²) < 4.78 is 0. The van der Waals surface area contributed by atoms with E-state index in [9.17, 15) is 9.59 Å². The Kier molecular flexibility index (Phi) is 5.55. The molecule has 1 aromatic rings. The Labute approximate surface area is 128 Å². The van der Waals surface area contributed by atoms with Crippen LogP contribution in [0.5, 0.6) is 0 Å². The molecule has 0 saturated heterocycles. The number of thiazole rings is 1. The summed E-state index contributed by atoms with van der Waals surface area (Å²) >= 11 is 1.24. The number of carbonyl (C=O) groups is 2. The molecule has 6 nitrogen and oxygen atoms in total.